The van der Waals surface area contributed by atoms with Gasteiger partial charge in [0.25, 0.3) is 0 Å². The van der Waals surface area contributed by atoms with Crippen LogP contribution in [0.25, 0.3) is 0 Å². The van der Waals surface area contributed by atoms with Gasteiger partial charge in [-0.25, -0.2) is 4.79 Å². The number of carbonyl (C=O) groups is 2. The predicted octanol–water partition coefficient (Wildman–Crippen LogP) is 0.749. The Balaban J connectivity index is 3.06. The minimum Gasteiger partial charge on any atom is -0.507 e. The lowest BCUT2D eigenvalue weighted by Crippen LogP contribution is -2.14. The van der Waals surface area contributed by atoms with Gasteiger partial charge in [-0.3, -0.25) is 4.79 Å². The van der Waals surface area contributed by atoms with Crippen LogP contribution in [-0.2, 0) is 9.53 Å². The van der Waals surface area contributed by atoms with Crippen LogP contribution in [0.5, 0.6) is 11.5 Å². The molecule has 1 unspecified atom stereocenters. The van der Waals surface area contributed by atoms with E-state index in [1.54, 1.807) is 0 Å². The monoisotopic (exact) mass is 269 g/mol. The summed E-state index contributed by atoms with van der Waals surface area (Å²) in [6.07, 6.45) is -0.0800. The maximum Gasteiger partial charge on any atom is 0.341 e. The minimum absolute atomic E-state index is 0.0915. The first-order valence-electron chi connectivity index (χ1n) is 5.48. The molecule has 0 heterocycles. The van der Waals surface area contributed by atoms with Crippen molar-refractivity contribution in [2.24, 2.45) is 5.73 Å². The van der Waals surface area contributed by atoms with E-state index in [9.17, 15) is 19.8 Å². The Kier molecular flexibility index (Phi) is 4.71. The summed E-state index contributed by atoms with van der Waals surface area (Å²) in [5.74, 6) is -2.52. The topological polar surface area (TPSA) is 130 Å². The Morgan fingerprint density at radius 2 is 1.95 bits per heavy atom. The lowest BCUT2D eigenvalue weighted by Gasteiger charge is -2.14. The van der Waals surface area contributed by atoms with E-state index in [4.69, 9.17) is 10.8 Å². The standard InChI is InChI=1S/C12H15NO6/c1-19-12(18)7-4-6(9(14)5-10(7)15)8(13)2-3-11(16)17/h4-5,8,14-15H,2-3,13H2,1H3,(H,16,17). The van der Waals surface area contributed by atoms with Gasteiger partial charge >= 0.3 is 11.9 Å². The van der Waals surface area contributed by atoms with Gasteiger partial charge in [0.1, 0.15) is 17.1 Å². The van der Waals surface area contributed by atoms with E-state index in [1.165, 1.54) is 6.07 Å². The number of carboxylic acid groups (broad SMARTS) is 1. The first kappa shape index (κ1) is 14.8. The van der Waals surface area contributed by atoms with Crippen LogP contribution in [0, 0.1) is 0 Å². The summed E-state index contributed by atoms with van der Waals surface area (Å²) in [7, 11) is 1.15. The molecule has 0 aromatic heterocycles. The molecular weight excluding hydrogens is 254 g/mol. The highest BCUT2D eigenvalue weighted by Crippen LogP contribution is 2.32. The highest BCUT2D eigenvalue weighted by molar-refractivity contribution is 5.93. The molecule has 0 saturated carbocycles. The number of phenols is 2. The molecule has 0 amide bonds. The SMILES string of the molecule is COC(=O)c1cc(C(N)CCC(=O)O)c(O)cc1O. The van der Waals surface area contributed by atoms with Crippen LogP contribution in [0.15, 0.2) is 12.1 Å². The zero-order valence-electron chi connectivity index (χ0n) is 10.3. The van der Waals surface area contributed by atoms with Crippen molar-refractivity contribution in [3.63, 3.8) is 0 Å². The highest BCUT2D eigenvalue weighted by atomic mass is 16.5. The van der Waals surface area contributed by atoms with Gasteiger partial charge in [0, 0.05) is 24.1 Å². The number of aliphatic carboxylic acids is 1. The maximum absolute atomic E-state index is 11.4. The molecule has 0 aliphatic rings. The van der Waals surface area contributed by atoms with Crippen molar-refractivity contribution in [1.82, 2.24) is 0 Å². The van der Waals surface area contributed by atoms with Gasteiger partial charge in [0.05, 0.1) is 7.11 Å². The number of carbonyl (C=O) groups excluding carboxylic acids is 1. The third kappa shape index (κ3) is 3.59. The molecule has 1 rings (SSSR count). The third-order valence-corrected chi connectivity index (χ3v) is 2.62. The second-order valence-electron chi connectivity index (χ2n) is 3.96. The maximum atomic E-state index is 11.4. The summed E-state index contributed by atoms with van der Waals surface area (Å²) in [4.78, 5) is 21.9. The molecule has 7 nitrogen and oxygen atoms in total. The van der Waals surface area contributed by atoms with E-state index in [0.717, 1.165) is 13.2 Å². The van der Waals surface area contributed by atoms with Gasteiger partial charge in [-0.15, -0.1) is 0 Å². The molecule has 0 spiro atoms. The average molecular weight is 269 g/mol. The fourth-order valence-corrected chi connectivity index (χ4v) is 1.60. The molecule has 0 saturated heterocycles. The first-order chi connectivity index (χ1) is 8.86. The molecular formula is C12H15NO6. The largest absolute Gasteiger partial charge is 0.507 e. The minimum atomic E-state index is -1.01. The third-order valence-electron chi connectivity index (χ3n) is 2.62. The fourth-order valence-electron chi connectivity index (χ4n) is 1.60. The van der Waals surface area contributed by atoms with Crippen LogP contribution >= 0.6 is 0 Å². The van der Waals surface area contributed by atoms with E-state index < -0.39 is 23.7 Å². The summed E-state index contributed by atoms with van der Waals surface area (Å²) in [5, 5.41) is 27.8. The Hall–Kier alpha value is -2.28. The molecule has 7 heteroatoms. The number of hydrogen-bond acceptors (Lipinski definition) is 6. The normalized spacial score (nSPS) is 11.9. The number of rotatable bonds is 5. The van der Waals surface area contributed by atoms with Gasteiger partial charge in [0.15, 0.2) is 0 Å². The number of phenolic OH excluding ortho intramolecular Hbond substituents is 2. The van der Waals surface area contributed by atoms with Crippen molar-refractivity contribution < 1.29 is 29.6 Å². The van der Waals surface area contributed by atoms with Gasteiger partial charge in [0.2, 0.25) is 0 Å². The predicted molar refractivity (Wildman–Crippen MR) is 64.9 cm³/mol. The summed E-state index contributed by atoms with van der Waals surface area (Å²) >= 11 is 0. The van der Waals surface area contributed by atoms with Crippen LogP contribution in [0.3, 0.4) is 0 Å². The van der Waals surface area contributed by atoms with Crippen LogP contribution < -0.4 is 5.73 Å². The van der Waals surface area contributed by atoms with Crippen molar-refractivity contribution >= 4 is 11.9 Å². The van der Waals surface area contributed by atoms with Crippen LogP contribution in [0.4, 0.5) is 0 Å². The fraction of sp³-hybridized carbons (Fsp3) is 0.333. The molecule has 0 radical (unpaired) electrons. The second kappa shape index (κ2) is 6.05. The number of methoxy groups -OCH3 is 1. The van der Waals surface area contributed by atoms with Gasteiger partial charge in [-0.1, -0.05) is 0 Å². The Morgan fingerprint density at radius 3 is 2.47 bits per heavy atom. The molecule has 5 N–H and O–H groups in total. The van der Waals surface area contributed by atoms with Crippen molar-refractivity contribution in [3.8, 4) is 11.5 Å². The summed E-state index contributed by atoms with van der Waals surface area (Å²) in [6.45, 7) is 0. The number of esters is 1. The Morgan fingerprint density at radius 1 is 1.32 bits per heavy atom. The smallest absolute Gasteiger partial charge is 0.341 e. The van der Waals surface area contributed by atoms with Gasteiger partial charge in [-0.2, -0.15) is 0 Å². The van der Waals surface area contributed by atoms with E-state index in [-0.39, 0.29) is 29.7 Å². The van der Waals surface area contributed by atoms with E-state index >= 15 is 0 Å². The number of nitrogens with two attached hydrogens (primary N) is 1. The number of aromatic hydroxyl groups is 2. The van der Waals surface area contributed by atoms with E-state index in [0.29, 0.717) is 0 Å². The van der Waals surface area contributed by atoms with Crippen molar-refractivity contribution in [3.05, 3.63) is 23.3 Å². The van der Waals surface area contributed by atoms with E-state index in [2.05, 4.69) is 4.74 Å². The first-order valence-corrected chi connectivity index (χ1v) is 5.48. The number of benzene rings is 1. The summed E-state index contributed by atoms with van der Waals surface area (Å²) in [6, 6.07) is 1.41. The number of hydrogen-bond donors (Lipinski definition) is 4. The number of carboxylic acids is 1. The van der Waals surface area contributed by atoms with Crippen molar-refractivity contribution in [2.75, 3.05) is 7.11 Å². The zero-order valence-corrected chi connectivity index (χ0v) is 10.3. The Labute approximate surface area is 109 Å². The molecule has 1 aromatic rings. The van der Waals surface area contributed by atoms with Crippen LogP contribution in [0.2, 0.25) is 0 Å². The average Bonchev–Trinajstić information content (AvgIpc) is 2.35. The zero-order chi connectivity index (χ0) is 14.6. The molecule has 0 fully saturated rings. The molecule has 19 heavy (non-hydrogen) atoms. The van der Waals surface area contributed by atoms with Crippen LogP contribution in [-0.4, -0.2) is 34.4 Å². The van der Waals surface area contributed by atoms with Crippen LogP contribution in [0.1, 0.15) is 34.8 Å². The van der Waals surface area contributed by atoms with Gasteiger partial charge in [-0.05, 0) is 12.5 Å². The Bertz CT molecular complexity index is 499. The number of ether oxygens (including phenoxy) is 1. The van der Waals surface area contributed by atoms with Crippen molar-refractivity contribution in [1.29, 1.82) is 0 Å². The van der Waals surface area contributed by atoms with E-state index in [1.807, 2.05) is 0 Å². The lowest BCUT2D eigenvalue weighted by molar-refractivity contribution is -0.137. The van der Waals surface area contributed by atoms with Crippen molar-refractivity contribution in [2.45, 2.75) is 18.9 Å². The lowest BCUT2D eigenvalue weighted by atomic mass is 9.99. The molecule has 1 aromatic carbocycles. The molecule has 0 bridgehead atoms. The summed E-state index contributed by atoms with van der Waals surface area (Å²) in [5.41, 5.74) is 5.79. The molecule has 0 aliphatic carbocycles. The quantitative estimate of drug-likeness (QED) is 0.580. The highest BCUT2D eigenvalue weighted by Gasteiger charge is 2.19. The second-order valence-corrected chi connectivity index (χ2v) is 3.96. The molecule has 104 valence electrons. The molecule has 1 atom stereocenters. The summed E-state index contributed by atoms with van der Waals surface area (Å²) < 4.78 is 4.47. The van der Waals surface area contributed by atoms with Gasteiger partial charge < -0.3 is 25.8 Å². The molecule has 0 aliphatic heterocycles.